The molecule has 0 spiro atoms. The van der Waals surface area contributed by atoms with E-state index in [9.17, 15) is 0 Å². The first-order valence-electron chi connectivity index (χ1n) is 4.20. The van der Waals surface area contributed by atoms with Crippen molar-refractivity contribution in [1.82, 2.24) is 15.0 Å². The number of hydrogen-bond donors (Lipinski definition) is 0. The van der Waals surface area contributed by atoms with Gasteiger partial charge >= 0.3 is 0 Å². The van der Waals surface area contributed by atoms with Crippen LogP contribution in [0, 0.1) is 13.8 Å². The molecule has 15 heavy (non-hydrogen) atoms. The summed E-state index contributed by atoms with van der Waals surface area (Å²) in [7, 11) is 0. The van der Waals surface area contributed by atoms with E-state index in [2.05, 4.69) is 15.0 Å². The van der Waals surface area contributed by atoms with Crippen LogP contribution in [0.2, 0.25) is 10.3 Å². The molecule has 6 heteroatoms. The van der Waals surface area contributed by atoms with E-state index in [4.69, 9.17) is 23.2 Å². The zero-order valence-corrected chi connectivity index (χ0v) is 10.4. The van der Waals surface area contributed by atoms with Gasteiger partial charge in [-0.25, -0.2) is 15.0 Å². The maximum Gasteiger partial charge on any atom is 0.191 e. The van der Waals surface area contributed by atoms with Gasteiger partial charge in [-0.15, -0.1) is 11.3 Å². The molecule has 0 saturated carbocycles. The summed E-state index contributed by atoms with van der Waals surface area (Å²) in [5.74, 6) is 0.480. The van der Waals surface area contributed by atoms with Crippen LogP contribution in [0.15, 0.2) is 5.38 Å². The molecular weight excluding hydrogens is 253 g/mol. The first-order valence-corrected chi connectivity index (χ1v) is 5.83. The standard InChI is InChI=1S/C9H7Cl2N3S/c1-4-3-15-9(12-4)8-13-6(10)5(2)7(11)14-8/h3H,1-2H3. The van der Waals surface area contributed by atoms with Gasteiger partial charge < -0.3 is 0 Å². The molecule has 0 fully saturated rings. The van der Waals surface area contributed by atoms with Crippen molar-refractivity contribution in [1.29, 1.82) is 0 Å². The zero-order chi connectivity index (χ0) is 11.0. The van der Waals surface area contributed by atoms with Crippen LogP contribution < -0.4 is 0 Å². The lowest BCUT2D eigenvalue weighted by Crippen LogP contribution is -1.93. The van der Waals surface area contributed by atoms with Gasteiger partial charge in [-0.3, -0.25) is 0 Å². The number of aromatic nitrogens is 3. The highest BCUT2D eigenvalue weighted by molar-refractivity contribution is 7.13. The van der Waals surface area contributed by atoms with Gasteiger partial charge in [0.25, 0.3) is 0 Å². The van der Waals surface area contributed by atoms with E-state index in [0.717, 1.165) is 10.7 Å². The number of aryl methyl sites for hydroxylation is 1. The van der Waals surface area contributed by atoms with Crippen LogP contribution in [0.25, 0.3) is 10.8 Å². The van der Waals surface area contributed by atoms with E-state index >= 15 is 0 Å². The quantitative estimate of drug-likeness (QED) is 0.736. The molecule has 2 heterocycles. The van der Waals surface area contributed by atoms with Gasteiger partial charge in [0, 0.05) is 16.6 Å². The van der Waals surface area contributed by atoms with Gasteiger partial charge in [0.1, 0.15) is 10.3 Å². The van der Waals surface area contributed by atoms with Crippen LogP contribution in [0.3, 0.4) is 0 Å². The number of rotatable bonds is 1. The van der Waals surface area contributed by atoms with Gasteiger partial charge in [-0.1, -0.05) is 23.2 Å². The Morgan fingerprint density at radius 2 is 1.67 bits per heavy atom. The molecule has 0 saturated heterocycles. The molecule has 2 aromatic heterocycles. The molecule has 0 N–H and O–H groups in total. The molecule has 0 aromatic carbocycles. The second kappa shape index (κ2) is 4.04. The summed E-state index contributed by atoms with van der Waals surface area (Å²) in [5.41, 5.74) is 1.63. The maximum absolute atomic E-state index is 5.92. The first kappa shape index (κ1) is 10.8. The smallest absolute Gasteiger partial charge is 0.191 e. The lowest BCUT2D eigenvalue weighted by Gasteiger charge is -2.01. The molecule has 0 atom stereocenters. The molecule has 0 aliphatic rings. The van der Waals surface area contributed by atoms with Crippen molar-refractivity contribution in [2.45, 2.75) is 13.8 Å². The van der Waals surface area contributed by atoms with Gasteiger partial charge in [0.15, 0.2) is 10.8 Å². The second-order valence-electron chi connectivity index (χ2n) is 3.05. The minimum atomic E-state index is 0.373. The summed E-state index contributed by atoms with van der Waals surface area (Å²) in [4.78, 5) is 12.5. The highest BCUT2D eigenvalue weighted by atomic mass is 35.5. The fourth-order valence-electron chi connectivity index (χ4n) is 1.02. The van der Waals surface area contributed by atoms with E-state index in [0.29, 0.717) is 21.7 Å². The predicted molar refractivity (Wildman–Crippen MR) is 62.6 cm³/mol. The van der Waals surface area contributed by atoms with Gasteiger partial charge in [0.2, 0.25) is 0 Å². The maximum atomic E-state index is 5.92. The van der Waals surface area contributed by atoms with E-state index in [1.807, 2.05) is 12.3 Å². The monoisotopic (exact) mass is 259 g/mol. The Morgan fingerprint density at radius 3 is 2.13 bits per heavy atom. The van der Waals surface area contributed by atoms with Crippen LogP contribution in [0.5, 0.6) is 0 Å². The Bertz CT molecular complexity index is 487. The molecule has 0 amide bonds. The Balaban J connectivity index is 2.55. The largest absolute Gasteiger partial charge is 0.238 e. The van der Waals surface area contributed by atoms with Crippen molar-refractivity contribution < 1.29 is 0 Å². The van der Waals surface area contributed by atoms with Crippen LogP contribution in [0.1, 0.15) is 11.3 Å². The molecule has 0 aliphatic carbocycles. The molecule has 0 unspecified atom stereocenters. The van der Waals surface area contributed by atoms with Crippen molar-refractivity contribution in [2.75, 3.05) is 0 Å². The molecule has 2 aromatic rings. The molecule has 2 rings (SSSR count). The molecule has 0 radical (unpaired) electrons. The third-order valence-corrected chi connectivity index (χ3v) is 3.53. The molecular formula is C9H7Cl2N3S. The van der Waals surface area contributed by atoms with Gasteiger partial charge in [-0.05, 0) is 13.8 Å². The Morgan fingerprint density at radius 1 is 1.07 bits per heavy atom. The van der Waals surface area contributed by atoms with E-state index in [-0.39, 0.29) is 0 Å². The third kappa shape index (κ3) is 2.12. The van der Waals surface area contributed by atoms with Crippen LogP contribution in [-0.4, -0.2) is 15.0 Å². The molecule has 78 valence electrons. The number of nitrogens with zero attached hydrogens (tertiary/aromatic N) is 3. The van der Waals surface area contributed by atoms with Gasteiger partial charge in [-0.2, -0.15) is 0 Å². The summed E-state index contributed by atoms with van der Waals surface area (Å²) < 4.78 is 0. The average molecular weight is 260 g/mol. The lowest BCUT2D eigenvalue weighted by atomic mass is 10.4. The number of hydrogen-bond acceptors (Lipinski definition) is 4. The summed E-state index contributed by atoms with van der Waals surface area (Å²) in [6.07, 6.45) is 0. The Labute approximate surface area is 101 Å². The SMILES string of the molecule is Cc1csc(-c2nc(Cl)c(C)c(Cl)n2)n1. The van der Waals surface area contributed by atoms with Crippen LogP contribution in [0.4, 0.5) is 0 Å². The Kier molecular flexibility index (Phi) is 2.91. The van der Waals surface area contributed by atoms with Crippen molar-refractivity contribution in [3.05, 3.63) is 26.9 Å². The van der Waals surface area contributed by atoms with Crippen molar-refractivity contribution in [3.63, 3.8) is 0 Å². The normalized spacial score (nSPS) is 10.7. The molecule has 0 bridgehead atoms. The summed E-state index contributed by atoms with van der Waals surface area (Å²) in [5, 5.41) is 3.41. The minimum Gasteiger partial charge on any atom is -0.238 e. The lowest BCUT2D eigenvalue weighted by molar-refractivity contribution is 1.12. The highest BCUT2D eigenvalue weighted by Crippen LogP contribution is 2.26. The highest BCUT2D eigenvalue weighted by Gasteiger charge is 2.11. The van der Waals surface area contributed by atoms with Crippen molar-refractivity contribution in [2.24, 2.45) is 0 Å². The fourth-order valence-corrected chi connectivity index (χ4v) is 2.13. The summed E-state index contributed by atoms with van der Waals surface area (Å²) in [6.45, 7) is 3.69. The predicted octanol–water partition coefficient (Wildman–Crippen LogP) is 3.52. The number of thiazole rings is 1. The first-order chi connectivity index (χ1) is 7.08. The fraction of sp³-hybridized carbons (Fsp3) is 0.222. The minimum absolute atomic E-state index is 0.373. The second-order valence-corrected chi connectivity index (χ2v) is 4.62. The number of halogens is 2. The topological polar surface area (TPSA) is 38.7 Å². The van der Waals surface area contributed by atoms with Crippen molar-refractivity contribution in [3.8, 4) is 10.8 Å². The van der Waals surface area contributed by atoms with Crippen LogP contribution >= 0.6 is 34.5 Å². The van der Waals surface area contributed by atoms with E-state index in [1.165, 1.54) is 11.3 Å². The average Bonchev–Trinajstić information content (AvgIpc) is 2.60. The molecule has 0 aliphatic heterocycles. The summed E-state index contributed by atoms with van der Waals surface area (Å²) in [6, 6.07) is 0. The Hall–Kier alpha value is -0.710. The molecule has 3 nitrogen and oxygen atoms in total. The van der Waals surface area contributed by atoms with Crippen molar-refractivity contribution >= 4 is 34.5 Å². The third-order valence-electron chi connectivity index (χ3n) is 1.84. The van der Waals surface area contributed by atoms with E-state index < -0.39 is 0 Å². The zero-order valence-electron chi connectivity index (χ0n) is 8.08. The summed E-state index contributed by atoms with van der Waals surface area (Å²) >= 11 is 13.3. The van der Waals surface area contributed by atoms with Crippen LogP contribution in [-0.2, 0) is 0 Å². The van der Waals surface area contributed by atoms with Gasteiger partial charge in [0.05, 0.1) is 0 Å². The van der Waals surface area contributed by atoms with E-state index in [1.54, 1.807) is 6.92 Å².